The normalized spacial score (nSPS) is 12.8. The van der Waals surface area contributed by atoms with Crippen molar-refractivity contribution in [1.29, 1.82) is 0 Å². The summed E-state index contributed by atoms with van der Waals surface area (Å²) in [4.78, 5) is 10.7. The third kappa shape index (κ3) is 5.47. The zero-order chi connectivity index (χ0) is 9.78. The molecule has 6 N–H and O–H groups in total. The molecule has 1 atom stereocenters. The maximum atomic E-state index is 10.7. The molecule has 0 saturated carbocycles. The number of hydrogen-bond donors (Lipinski definition) is 3. The van der Waals surface area contributed by atoms with Gasteiger partial charge in [0.1, 0.15) is 5.25 Å². The molecular formula is C6H14N2O4S. The van der Waals surface area contributed by atoms with Crippen molar-refractivity contribution in [2.75, 3.05) is 6.54 Å². The zero-order valence-electron chi connectivity index (χ0n) is 7.14. The Kier molecular flexibility index (Phi) is 6.59. The fourth-order valence-electron chi connectivity index (χ4n) is 0.618. The van der Waals surface area contributed by atoms with Gasteiger partial charge in [0.2, 0.25) is 0 Å². The Balaban J connectivity index is 0. The largest absolute Gasteiger partial charge is 0.344 e. The first-order valence-electron chi connectivity index (χ1n) is 3.23. The molecule has 6 nitrogen and oxygen atoms in total. The Labute approximate surface area is 77.1 Å². The van der Waals surface area contributed by atoms with Crippen molar-refractivity contribution in [3.8, 4) is 0 Å². The van der Waals surface area contributed by atoms with Crippen LogP contribution in [0.25, 0.3) is 0 Å². The molecule has 0 aromatic heterocycles. The van der Waals surface area contributed by atoms with Crippen LogP contribution in [0.3, 0.4) is 0 Å². The van der Waals surface area contributed by atoms with Gasteiger partial charge in [0.05, 0.1) is 0 Å². The molecule has 0 aliphatic carbocycles. The molecule has 0 saturated heterocycles. The summed E-state index contributed by atoms with van der Waals surface area (Å²) in [5, 5.41) is -1.22. The summed E-state index contributed by atoms with van der Waals surface area (Å²) in [6, 6.07) is 0. The second-order valence-corrected chi connectivity index (χ2v) is 3.94. The number of carbonyl (C=O) groups excluding carboxylic acids is 1. The van der Waals surface area contributed by atoms with Gasteiger partial charge in [0, 0.05) is 13.0 Å². The molecule has 0 aromatic rings. The second kappa shape index (κ2) is 5.81. The van der Waals surface area contributed by atoms with E-state index in [2.05, 4.69) is 6.58 Å². The molecule has 0 fully saturated rings. The van der Waals surface area contributed by atoms with Gasteiger partial charge in [-0.25, -0.2) is 0 Å². The fourth-order valence-corrected chi connectivity index (χ4v) is 1.24. The number of ketones is 1. The number of hydrogen-bond acceptors (Lipinski definition) is 5. The van der Waals surface area contributed by atoms with E-state index in [1.54, 1.807) is 0 Å². The third-order valence-corrected chi connectivity index (χ3v) is 2.54. The fraction of sp³-hybridized carbons (Fsp3) is 0.500. The number of carbonyl (C=O) groups is 1. The van der Waals surface area contributed by atoms with Gasteiger partial charge in [-0.1, -0.05) is 6.58 Å². The molecule has 0 aliphatic rings. The molecule has 13 heavy (non-hydrogen) atoms. The van der Waals surface area contributed by atoms with Gasteiger partial charge in [-0.3, -0.25) is 9.35 Å². The first kappa shape index (κ1) is 14.7. The molecule has 0 aliphatic heterocycles. The van der Waals surface area contributed by atoms with Gasteiger partial charge < -0.3 is 11.9 Å². The van der Waals surface area contributed by atoms with Crippen LogP contribution in [0.1, 0.15) is 6.42 Å². The molecule has 1 unspecified atom stereocenters. The summed E-state index contributed by atoms with van der Waals surface area (Å²) in [5.74, 6) is -0.455. The third-order valence-electron chi connectivity index (χ3n) is 1.34. The molecule has 0 radical (unpaired) electrons. The van der Waals surface area contributed by atoms with Crippen molar-refractivity contribution >= 4 is 15.9 Å². The zero-order valence-corrected chi connectivity index (χ0v) is 7.96. The maximum absolute atomic E-state index is 10.7. The summed E-state index contributed by atoms with van der Waals surface area (Å²) in [6.07, 6.45) is 0.673. The number of rotatable bonds is 5. The van der Waals surface area contributed by atoms with Crippen LogP contribution in [0.15, 0.2) is 12.7 Å². The van der Waals surface area contributed by atoms with E-state index in [9.17, 15) is 13.2 Å². The van der Waals surface area contributed by atoms with E-state index in [0.717, 1.165) is 6.08 Å². The molecule has 0 amide bonds. The first-order chi connectivity index (χ1) is 5.41. The average molecular weight is 210 g/mol. The average Bonchev–Trinajstić information content (AvgIpc) is 1.97. The van der Waals surface area contributed by atoms with Crippen molar-refractivity contribution in [3.63, 3.8) is 0 Å². The minimum Gasteiger partial charge on any atom is -0.344 e. The summed E-state index contributed by atoms with van der Waals surface area (Å²) in [6.45, 7) is 2.88. The van der Waals surface area contributed by atoms with Crippen LogP contribution in [0.4, 0.5) is 0 Å². The summed E-state index contributed by atoms with van der Waals surface area (Å²) in [5.41, 5.74) is 5.04. The number of allylic oxidation sites excluding steroid dienone is 1. The molecule has 78 valence electrons. The highest BCUT2D eigenvalue weighted by Crippen LogP contribution is 2.03. The Bertz CT molecular complexity index is 272. The minimum absolute atomic E-state index is 0. The summed E-state index contributed by atoms with van der Waals surface area (Å²) < 4.78 is 29.5. The van der Waals surface area contributed by atoms with E-state index >= 15 is 0 Å². The minimum atomic E-state index is -4.21. The SMILES string of the molecule is C=CC(=O)CC(CN)S(=O)(=O)O.N. The lowest BCUT2D eigenvalue weighted by atomic mass is 10.2. The van der Waals surface area contributed by atoms with E-state index < -0.39 is 21.2 Å². The Hall–Kier alpha value is -0.760. The van der Waals surface area contributed by atoms with Crippen molar-refractivity contribution in [1.82, 2.24) is 6.15 Å². The molecule has 0 bridgehead atoms. The Morgan fingerprint density at radius 3 is 2.31 bits per heavy atom. The lowest BCUT2D eigenvalue weighted by molar-refractivity contribution is -0.114. The monoisotopic (exact) mass is 210 g/mol. The van der Waals surface area contributed by atoms with Crippen LogP contribution in [0.2, 0.25) is 0 Å². The standard InChI is InChI=1S/C6H11NO4S.H3N/c1-2-5(8)3-6(4-7)12(9,10)11;/h2,6H,1,3-4,7H2,(H,9,10,11);1H3. The van der Waals surface area contributed by atoms with E-state index in [-0.39, 0.29) is 19.1 Å². The van der Waals surface area contributed by atoms with Crippen LogP contribution in [0, 0.1) is 0 Å². The van der Waals surface area contributed by atoms with Crippen LogP contribution in [-0.4, -0.2) is 30.5 Å². The quantitative estimate of drug-likeness (QED) is 0.414. The van der Waals surface area contributed by atoms with E-state index in [0.29, 0.717) is 0 Å². The van der Waals surface area contributed by atoms with Gasteiger partial charge in [-0.15, -0.1) is 0 Å². The predicted molar refractivity (Wildman–Crippen MR) is 49.2 cm³/mol. The van der Waals surface area contributed by atoms with E-state index in [4.69, 9.17) is 10.3 Å². The van der Waals surface area contributed by atoms with Crippen molar-refractivity contribution < 1.29 is 17.8 Å². The highest BCUT2D eigenvalue weighted by molar-refractivity contribution is 7.86. The van der Waals surface area contributed by atoms with Crippen LogP contribution in [0.5, 0.6) is 0 Å². The van der Waals surface area contributed by atoms with Gasteiger partial charge in [0.25, 0.3) is 10.1 Å². The smallest absolute Gasteiger partial charge is 0.269 e. The lowest BCUT2D eigenvalue weighted by Crippen LogP contribution is -2.31. The van der Waals surface area contributed by atoms with E-state index in [1.807, 2.05) is 0 Å². The molecule has 0 rings (SSSR count). The Morgan fingerprint density at radius 2 is 2.08 bits per heavy atom. The van der Waals surface area contributed by atoms with Gasteiger partial charge in [-0.2, -0.15) is 8.42 Å². The van der Waals surface area contributed by atoms with Crippen LogP contribution >= 0.6 is 0 Å². The van der Waals surface area contributed by atoms with Crippen molar-refractivity contribution in [2.24, 2.45) is 5.73 Å². The summed E-state index contributed by atoms with van der Waals surface area (Å²) in [7, 11) is -4.21. The number of nitrogens with two attached hydrogens (primary N) is 1. The van der Waals surface area contributed by atoms with E-state index in [1.165, 1.54) is 0 Å². The van der Waals surface area contributed by atoms with Gasteiger partial charge in [-0.05, 0) is 6.08 Å². The van der Waals surface area contributed by atoms with Crippen LogP contribution in [-0.2, 0) is 14.9 Å². The maximum Gasteiger partial charge on any atom is 0.269 e. The topological polar surface area (TPSA) is 132 Å². The lowest BCUT2D eigenvalue weighted by Gasteiger charge is -2.07. The summed E-state index contributed by atoms with van der Waals surface area (Å²) >= 11 is 0. The molecule has 7 heteroatoms. The first-order valence-corrected chi connectivity index (χ1v) is 4.73. The van der Waals surface area contributed by atoms with Crippen molar-refractivity contribution in [2.45, 2.75) is 11.7 Å². The second-order valence-electron chi connectivity index (χ2n) is 2.25. The predicted octanol–water partition coefficient (Wildman–Crippen LogP) is -0.491. The highest BCUT2D eigenvalue weighted by Gasteiger charge is 2.22. The van der Waals surface area contributed by atoms with Gasteiger partial charge >= 0.3 is 0 Å². The van der Waals surface area contributed by atoms with Crippen molar-refractivity contribution in [3.05, 3.63) is 12.7 Å². The molecule has 0 aromatic carbocycles. The highest BCUT2D eigenvalue weighted by atomic mass is 32.2. The Morgan fingerprint density at radius 1 is 1.62 bits per heavy atom. The van der Waals surface area contributed by atoms with Gasteiger partial charge in [0.15, 0.2) is 5.78 Å². The molecule has 0 heterocycles. The van der Waals surface area contributed by atoms with Crippen LogP contribution < -0.4 is 11.9 Å². The molecular weight excluding hydrogens is 196 g/mol. The molecule has 0 spiro atoms.